The van der Waals surface area contributed by atoms with Crippen molar-refractivity contribution in [3.05, 3.63) is 66.0 Å². The van der Waals surface area contributed by atoms with Gasteiger partial charge >= 0.3 is 0 Å². The summed E-state index contributed by atoms with van der Waals surface area (Å²) in [5.74, 6) is 2.60. The average Bonchev–Trinajstić information content (AvgIpc) is 3.06. The molecule has 5 heteroatoms. The maximum atomic E-state index is 5.59. The number of benzene rings is 1. The van der Waals surface area contributed by atoms with E-state index in [9.17, 15) is 0 Å². The van der Waals surface area contributed by atoms with Crippen LogP contribution in [0.1, 0.15) is 30.3 Å². The average molecular weight is 371 g/mol. The van der Waals surface area contributed by atoms with Crippen molar-refractivity contribution in [3.8, 4) is 12.3 Å². The zero-order valence-corrected chi connectivity index (χ0v) is 16.5. The first-order valence-electron chi connectivity index (χ1n) is 9.23. The second-order valence-electron chi connectivity index (χ2n) is 6.94. The molecule has 0 amide bonds. The monoisotopic (exact) mass is 371 g/mol. The molecule has 28 heavy (non-hydrogen) atoms. The summed E-state index contributed by atoms with van der Waals surface area (Å²) in [4.78, 5) is 10.9. The molecule has 0 atom stereocenters. The second-order valence-corrected chi connectivity index (χ2v) is 6.94. The lowest BCUT2D eigenvalue weighted by Crippen LogP contribution is -2.20. The van der Waals surface area contributed by atoms with E-state index >= 15 is 0 Å². The molecule has 5 nitrogen and oxygen atoms in total. The van der Waals surface area contributed by atoms with E-state index in [1.54, 1.807) is 6.34 Å². The predicted octanol–water partition coefficient (Wildman–Crippen LogP) is 4.09. The van der Waals surface area contributed by atoms with Crippen molar-refractivity contribution in [2.24, 2.45) is 9.98 Å². The quantitative estimate of drug-likeness (QED) is 0.418. The van der Waals surface area contributed by atoms with Gasteiger partial charge in [0.2, 0.25) is 0 Å². The summed E-state index contributed by atoms with van der Waals surface area (Å²) in [5.41, 5.74) is 6.27. The third-order valence-electron chi connectivity index (χ3n) is 4.69. The van der Waals surface area contributed by atoms with Crippen LogP contribution in [0, 0.1) is 12.3 Å². The maximum absolute atomic E-state index is 5.59. The fourth-order valence-corrected chi connectivity index (χ4v) is 3.01. The lowest BCUT2D eigenvalue weighted by Gasteiger charge is -2.21. The van der Waals surface area contributed by atoms with Gasteiger partial charge in [0, 0.05) is 12.8 Å². The van der Waals surface area contributed by atoms with E-state index in [0.29, 0.717) is 24.5 Å². The number of rotatable bonds is 7. The third kappa shape index (κ3) is 4.29. The summed E-state index contributed by atoms with van der Waals surface area (Å²) in [6, 6.07) is 10.4. The number of aryl methyl sites for hydroxylation is 1. The molecule has 0 spiro atoms. The third-order valence-corrected chi connectivity index (χ3v) is 4.69. The molecule has 0 saturated carbocycles. The van der Waals surface area contributed by atoms with Gasteiger partial charge in [-0.05, 0) is 36.8 Å². The molecule has 3 rings (SSSR count). The molecule has 0 aliphatic carbocycles. The van der Waals surface area contributed by atoms with Gasteiger partial charge in [-0.15, -0.1) is 6.42 Å². The van der Waals surface area contributed by atoms with Crippen molar-refractivity contribution in [3.63, 3.8) is 0 Å². The summed E-state index contributed by atoms with van der Waals surface area (Å²) in [6.07, 6.45) is 9.22. The maximum Gasteiger partial charge on any atom is 0.161 e. The topological polar surface area (TPSA) is 45.8 Å². The minimum Gasteiger partial charge on any atom is -0.334 e. The summed E-state index contributed by atoms with van der Waals surface area (Å²) < 4.78 is 1.83. The van der Waals surface area contributed by atoms with Gasteiger partial charge in [-0.25, -0.2) is 4.99 Å². The molecule has 0 unspecified atom stereocenters. The van der Waals surface area contributed by atoms with Gasteiger partial charge in [0.15, 0.2) is 5.69 Å². The van der Waals surface area contributed by atoms with Crippen LogP contribution in [0.15, 0.2) is 59.0 Å². The van der Waals surface area contributed by atoms with E-state index in [2.05, 4.69) is 65.4 Å². The fourth-order valence-electron chi connectivity index (χ4n) is 3.01. The number of fused-ring (bicyclic) bond motifs is 1. The first-order chi connectivity index (χ1) is 13.5. The number of nitrogens with zero attached hydrogens (tertiary/aromatic N) is 5. The van der Waals surface area contributed by atoms with Crippen LogP contribution in [-0.2, 0) is 13.0 Å². The smallest absolute Gasteiger partial charge is 0.161 e. The van der Waals surface area contributed by atoms with Gasteiger partial charge in [-0.2, -0.15) is 5.10 Å². The molecule has 0 bridgehead atoms. The van der Waals surface area contributed by atoms with Crippen molar-refractivity contribution in [1.29, 1.82) is 0 Å². The van der Waals surface area contributed by atoms with E-state index in [0.717, 1.165) is 35.5 Å². The summed E-state index contributed by atoms with van der Waals surface area (Å²) in [7, 11) is 1.90. The molecule has 2 heterocycles. The lowest BCUT2D eigenvalue weighted by atomic mass is 10.1. The Morgan fingerprint density at radius 3 is 2.75 bits per heavy atom. The number of hydrogen-bond acceptors (Lipinski definition) is 4. The standard InChI is InChI=1S/C23H25N5/c1-6-21-22-23(19(4)27(5)16-25-22)28(26-21)15-17(2)14-24-18(3)12-13-20-10-8-7-9-11-20/h1,7-11,16H,2,4,12-15H2,3,5H3. The van der Waals surface area contributed by atoms with Crippen LogP contribution in [0.5, 0.6) is 0 Å². The lowest BCUT2D eigenvalue weighted by molar-refractivity contribution is 0.636. The van der Waals surface area contributed by atoms with E-state index in [-0.39, 0.29) is 0 Å². The van der Waals surface area contributed by atoms with Gasteiger partial charge in [0.25, 0.3) is 0 Å². The second kappa shape index (κ2) is 8.53. The van der Waals surface area contributed by atoms with Crippen LogP contribution in [-0.4, -0.2) is 40.3 Å². The van der Waals surface area contributed by atoms with Crippen LogP contribution < -0.4 is 0 Å². The predicted molar refractivity (Wildman–Crippen MR) is 117 cm³/mol. The Kier molecular flexibility index (Phi) is 5.90. The molecular weight excluding hydrogens is 346 g/mol. The molecular formula is C23H25N5. The molecule has 0 radical (unpaired) electrons. The molecule has 2 aromatic rings. The highest BCUT2D eigenvalue weighted by molar-refractivity contribution is 5.86. The Morgan fingerprint density at radius 1 is 1.29 bits per heavy atom. The minimum absolute atomic E-state index is 0.524. The Morgan fingerprint density at radius 2 is 2.04 bits per heavy atom. The fraction of sp³-hybridized carbons (Fsp3) is 0.261. The van der Waals surface area contributed by atoms with Gasteiger partial charge in [-0.1, -0.05) is 43.5 Å². The summed E-state index contributed by atoms with van der Waals surface area (Å²) >= 11 is 0. The van der Waals surface area contributed by atoms with Gasteiger partial charge in [0.05, 0.1) is 25.1 Å². The van der Waals surface area contributed by atoms with Gasteiger partial charge in [-0.3, -0.25) is 9.67 Å². The highest BCUT2D eigenvalue weighted by atomic mass is 15.3. The largest absolute Gasteiger partial charge is 0.334 e. The zero-order valence-electron chi connectivity index (χ0n) is 16.5. The van der Waals surface area contributed by atoms with E-state index < -0.39 is 0 Å². The number of hydrogen-bond donors (Lipinski definition) is 0. The van der Waals surface area contributed by atoms with Crippen molar-refractivity contribution in [2.45, 2.75) is 26.3 Å². The number of terminal acetylenes is 1. The Hall–Kier alpha value is -3.39. The molecule has 1 aromatic carbocycles. The highest BCUT2D eigenvalue weighted by Crippen LogP contribution is 2.33. The van der Waals surface area contributed by atoms with Crippen molar-refractivity contribution < 1.29 is 0 Å². The van der Waals surface area contributed by atoms with Crippen molar-refractivity contribution in [2.75, 3.05) is 13.6 Å². The first-order valence-corrected chi connectivity index (χ1v) is 9.23. The normalized spacial score (nSPS) is 13.4. The summed E-state index contributed by atoms with van der Waals surface area (Å²) in [5, 5.41) is 4.51. The van der Waals surface area contributed by atoms with E-state index in [1.807, 2.05) is 22.7 Å². The Labute approximate surface area is 166 Å². The zero-order chi connectivity index (χ0) is 20.1. The van der Waals surface area contributed by atoms with Crippen molar-refractivity contribution in [1.82, 2.24) is 14.7 Å². The Balaban J connectivity index is 1.64. The van der Waals surface area contributed by atoms with Crippen LogP contribution >= 0.6 is 0 Å². The summed E-state index contributed by atoms with van der Waals surface area (Å²) in [6.45, 7) is 11.4. The number of aromatic nitrogens is 2. The Bertz CT molecular complexity index is 986. The van der Waals surface area contributed by atoms with Gasteiger partial charge < -0.3 is 4.90 Å². The van der Waals surface area contributed by atoms with Gasteiger partial charge in [0.1, 0.15) is 11.4 Å². The number of aliphatic imine (C=N–C) groups is 2. The minimum atomic E-state index is 0.524. The van der Waals surface area contributed by atoms with Crippen LogP contribution in [0.25, 0.3) is 5.70 Å². The van der Waals surface area contributed by atoms with Crippen LogP contribution in [0.3, 0.4) is 0 Å². The molecule has 0 saturated heterocycles. The first kappa shape index (κ1) is 19.4. The van der Waals surface area contributed by atoms with Crippen molar-refractivity contribution >= 4 is 23.4 Å². The molecule has 1 aliphatic heterocycles. The molecule has 1 aromatic heterocycles. The molecule has 1 aliphatic rings. The molecule has 142 valence electrons. The van der Waals surface area contributed by atoms with Crippen LogP contribution in [0.4, 0.5) is 5.69 Å². The molecule has 0 N–H and O–H groups in total. The van der Waals surface area contributed by atoms with Crippen LogP contribution in [0.2, 0.25) is 0 Å². The molecule has 0 fully saturated rings. The highest BCUT2D eigenvalue weighted by Gasteiger charge is 2.23. The van der Waals surface area contributed by atoms with E-state index in [1.165, 1.54) is 5.56 Å². The SMILES string of the molecule is C#Cc1nn(CC(=C)CN=C(C)CCc2ccccc2)c2c1N=CN(C)C2=C. The van der Waals surface area contributed by atoms with E-state index in [4.69, 9.17) is 6.42 Å².